The van der Waals surface area contributed by atoms with E-state index in [2.05, 4.69) is 6.58 Å². The van der Waals surface area contributed by atoms with Gasteiger partial charge < -0.3 is 14.7 Å². The third-order valence-electron chi connectivity index (χ3n) is 5.32. The number of rotatable bonds is 4. The summed E-state index contributed by atoms with van der Waals surface area (Å²) in [4.78, 5) is 42.6. The number of amides is 3. The molecule has 6 nitrogen and oxygen atoms in total. The summed E-state index contributed by atoms with van der Waals surface area (Å²) in [5, 5.41) is 0. The number of para-hydroxylation sites is 1. The highest BCUT2D eigenvalue weighted by atomic mass is 16.2. The van der Waals surface area contributed by atoms with Crippen LogP contribution in [0.2, 0.25) is 0 Å². The molecular weight excluding hydrogens is 330 g/mol. The van der Waals surface area contributed by atoms with Crippen LogP contribution >= 0.6 is 0 Å². The van der Waals surface area contributed by atoms with E-state index in [1.165, 1.54) is 6.08 Å². The Labute approximate surface area is 154 Å². The number of benzene rings is 1. The number of likely N-dealkylation sites (N-methyl/N-ethyl adjacent to an activating group) is 1. The summed E-state index contributed by atoms with van der Waals surface area (Å²) in [6.45, 7) is 5.18. The topological polar surface area (TPSA) is 60.9 Å². The van der Waals surface area contributed by atoms with Crippen molar-refractivity contribution in [1.82, 2.24) is 9.80 Å². The summed E-state index contributed by atoms with van der Waals surface area (Å²) in [5.74, 6) is -0.490. The van der Waals surface area contributed by atoms with Crippen molar-refractivity contribution in [3.63, 3.8) is 0 Å². The number of carbonyl (C=O) groups is 3. The van der Waals surface area contributed by atoms with Crippen LogP contribution in [0.1, 0.15) is 19.3 Å². The van der Waals surface area contributed by atoms with Crippen molar-refractivity contribution in [2.45, 2.75) is 25.3 Å². The number of hydrogen-bond acceptors (Lipinski definition) is 3. The smallest absolute Gasteiger partial charge is 0.249 e. The Balaban J connectivity index is 1.66. The number of likely N-dealkylation sites (tertiary alicyclic amines) is 1. The average Bonchev–Trinajstić information content (AvgIpc) is 3.08. The second-order valence-electron chi connectivity index (χ2n) is 6.91. The van der Waals surface area contributed by atoms with Crippen molar-refractivity contribution >= 4 is 23.4 Å². The fourth-order valence-corrected chi connectivity index (χ4v) is 3.84. The highest BCUT2D eigenvalue weighted by Gasteiger charge is 2.39. The number of carbonyl (C=O) groups excluding carboxylic acids is 3. The van der Waals surface area contributed by atoms with Gasteiger partial charge in [0.15, 0.2) is 0 Å². The maximum atomic E-state index is 12.9. The van der Waals surface area contributed by atoms with E-state index in [9.17, 15) is 14.4 Å². The molecule has 6 heteroatoms. The van der Waals surface area contributed by atoms with Crippen molar-refractivity contribution in [3.05, 3.63) is 43.0 Å². The predicted molar refractivity (Wildman–Crippen MR) is 99.5 cm³/mol. The van der Waals surface area contributed by atoms with Gasteiger partial charge in [0.2, 0.25) is 17.7 Å². The third kappa shape index (κ3) is 3.49. The van der Waals surface area contributed by atoms with E-state index in [-0.39, 0.29) is 23.6 Å². The van der Waals surface area contributed by atoms with Crippen molar-refractivity contribution < 1.29 is 14.4 Å². The first-order valence-electron chi connectivity index (χ1n) is 9.07. The van der Waals surface area contributed by atoms with Crippen molar-refractivity contribution in [1.29, 1.82) is 0 Å². The van der Waals surface area contributed by atoms with Gasteiger partial charge in [0.25, 0.3) is 0 Å². The number of hydrogen-bond donors (Lipinski definition) is 0. The minimum Gasteiger partial charge on any atom is -0.338 e. The Morgan fingerprint density at radius 1 is 1.19 bits per heavy atom. The first kappa shape index (κ1) is 18.2. The molecule has 2 aliphatic rings. The van der Waals surface area contributed by atoms with Crippen LogP contribution in [0.5, 0.6) is 0 Å². The van der Waals surface area contributed by atoms with E-state index in [1.807, 2.05) is 30.3 Å². The molecule has 1 aromatic carbocycles. The molecule has 3 rings (SSSR count). The summed E-state index contributed by atoms with van der Waals surface area (Å²) < 4.78 is 0. The maximum absolute atomic E-state index is 12.9. The Morgan fingerprint density at radius 2 is 1.92 bits per heavy atom. The standard InChI is InChI=1S/C20H25N3O3/c1-3-18(24)22-12-7-8-15(14-22)19(25)21(2)17-11-13-23(20(17)26)16-9-5-4-6-10-16/h3-6,9-10,15,17H,1,7-8,11-14H2,2H3. The molecule has 0 spiro atoms. The zero-order valence-electron chi connectivity index (χ0n) is 15.1. The van der Waals surface area contributed by atoms with E-state index in [4.69, 9.17) is 0 Å². The van der Waals surface area contributed by atoms with Crippen molar-refractivity contribution in [2.24, 2.45) is 5.92 Å². The highest BCUT2D eigenvalue weighted by Crippen LogP contribution is 2.26. The lowest BCUT2D eigenvalue weighted by molar-refractivity contribution is -0.143. The molecule has 0 aliphatic carbocycles. The Bertz CT molecular complexity index is 704. The second kappa shape index (κ2) is 7.72. The SMILES string of the molecule is C=CC(=O)N1CCCC(C(=O)N(C)C2CCN(c3ccccc3)C2=O)C1. The van der Waals surface area contributed by atoms with Gasteiger partial charge in [-0.2, -0.15) is 0 Å². The summed E-state index contributed by atoms with van der Waals surface area (Å²) in [5.41, 5.74) is 0.862. The first-order valence-corrected chi connectivity index (χ1v) is 9.07. The van der Waals surface area contributed by atoms with Gasteiger partial charge in [-0.3, -0.25) is 14.4 Å². The maximum Gasteiger partial charge on any atom is 0.249 e. The molecule has 0 saturated carbocycles. The van der Waals surface area contributed by atoms with Gasteiger partial charge in [-0.25, -0.2) is 0 Å². The summed E-state index contributed by atoms with van der Waals surface area (Å²) in [6.07, 6.45) is 3.44. The lowest BCUT2D eigenvalue weighted by Crippen LogP contribution is -2.49. The Kier molecular flexibility index (Phi) is 5.40. The van der Waals surface area contributed by atoms with Crippen LogP contribution in [-0.4, -0.2) is 60.2 Å². The molecule has 2 fully saturated rings. The lowest BCUT2D eigenvalue weighted by atomic mass is 9.95. The van der Waals surface area contributed by atoms with Crippen molar-refractivity contribution in [3.8, 4) is 0 Å². The molecule has 0 bridgehead atoms. The monoisotopic (exact) mass is 355 g/mol. The summed E-state index contributed by atoms with van der Waals surface area (Å²) in [7, 11) is 1.70. The molecule has 26 heavy (non-hydrogen) atoms. The Hall–Kier alpha value is -2.63. The van der Waals surface area contributed by atoms with E-state index in [0.29, 0.717) is 26.1 Å². The van der Waals surface area contributed by atoms with Crippen molar-refractivity contribution in [2.75, 3.05) is 31.6 Å². The van der Waals surface area contributed by atoms with E-state index < -0.39 is 6.04 Å². The molecule has 0 N–H and O–H groups in total. The molecule has 1 aromatic rings. The second-order valence-corrected chi connectivity index (χ2v) is 6.91. The Morgan fingerprint density at radius 3 is 2.62 bits per heavy atom. The molecule has 2 saturated heterocycles. The minimum atomic E-state index is -0.437. The zero-order chi connectivity index (χ0) is 18.7. The van der Waals surface area contributed by atoms with Crippen LogP contribution in [-0.2, 0) is 14.4 Å². The largest absolute Gasteiger partial charge is 0.338 e. The van der Waals surface area contributed by atoms with Gasteiger partial charge in [-0.05, 0) is 37.5 Å². The van der Waals surface area contributed by atoms with Gasteiger partial charge >= 0.3 is 0 Å². The van der Waals surface area contributed by atoms with Gasteiger partial charge in [-0.1, -0.05) is 24.8 Å². The fourth-order valence-electron chi connectivity index (χ4n) is 3.84. The number of piperidine rings is 1. The van der Waals surface area contributed by atoms with Gasteiger partial charge in [0.1, 0.15) is 6.04 Å². The minimum absolute atomic E-state index is 0.0399. The van der Waals surface area contributed by atoms with Crippen LogP contribution in [0, 0.1) is 5.92 Å². The molecular formula is C20H25N3O3. The van der Waals surface area contributed by atoms with Crippen LogP contribution in [0.15, 0.2) is 43.0 Å². The van der Waals surface area contributed by atoms with E-state index >= 15 is 0 Å². The van der Waals surface area contributed by atoms with Gasteiger partial charge in [-0.15, -0.1) is 0 Å². The molecule has 2 atom stereocenters. The summed E-state index contributed by atoms with van der Waals surface area (Å²) >= 11 is 0. The van der Waals surface area contributed by atoms with E-state index in [1.54, 1.807) is 21.7 Å². The molecule has 2 unspecified atom stereocenters. The average molecular weight is 355 g/mol. The molecule has 2 heterocycles. The van der Waals surface area contributed by atoms with Crippen LogP contribution in [0.3, 0.4) is 0 Å². The highest BCUT2D eigenvalue weighted by molar-refractivity contribution is 6.01. The van der Waals surface area contributed by atoms with E-state index in [0.717, 1.165) is 18.5 Å². The zero-order valence-corrected chi connectivity index (χ0v) is 15.1. The molecule has 0 radical (unpaired) electrons. The number of anilines is 1. The third-order valence-corrected chi connectivity index (χ3v) is 5.32. The predicted octanol–water partition coefficient (Wildman–Crippen LogP) is 1.67. The summed E-state index contributed by atoms with van der Waals surface area (Å²) in [6, 6.07) is 9.09. The molecule has 0 aromatic heterocycles. The quantitative estimate of drug-likeness (QED) is 0.772. The van der Waals surface area contributed by atoms with Gasteiger partial charge in [0.05, 0.1) is 5.92 Å². The molecule has 138 valence electrons. The van der Waals surface area contributed by atoms with Crippen LogP contribution < -0.4 is 4.90 Å². The van der Waals surface area contributed by atoms with Gasteiger partial charge in [0, 0.05) is 32.4 Å². The molecule has 3 amide bonds. The fraction of sp³-hybridized carbons (Fsp3) is 0.450. The molecule has 2 aliphatic heterocycles. The first-order chi connectivity index (χ1) is 12.5. The number of nitrogens with zero attached hydrogens (tertiary/aromatic N) is 3. The normalized spacial score (nSPS) is 23.0. The van der Waals surface area contributed by atoms with Crippen LogP contribution in [0.4, 0.5) is 5.69 Å². The lowest BCUT2D eigenvalue weighted by Gasteiger charge is -2.34. The van der Waals surface area contributed by atoms with Crippen LogP contribution in [0.25, 0.3) is 0 Å².